The quantitative estimate of drug-likeness (QED) is 0.702. The third-order valence-corrected chi connectivity index (χ3v) is 6.60. The van der Waals surface area contributed by atoms with E-state index in [0.29, 0.717) is 16.1 Å². The van der Waals surface area contributed by atoms with Crippen molar-refractivity contribution in [3.63, 3.8) is 0 Å². The molecule has 0 amide bonds. The van der Waals surface area contributed by atoms with Gasteiger partial charge in [-0.05, 0) is 29.8 Å². The van der Waals surface area contributed by atoms with Gasteiger partial charge in [-0.3, -0.25) is 0 Å². The molecule has 0 saturated carbocycles. The highest BCUT2D eigenvalue weighted by Gasteiger charge is 2.27. The number of benzene rings is 1. The minimum absolute atomic E-state index is 0.00586. The van der Waals surface area contributed by atoms with Crippen LogP contribution in [-0.4, -0.2) is 13.4 Å². The van der Waals surface area contributed by atoms with Crippen LogP contribution in [0.2, 0.25) is 5.02 Å². The van der Waals surface area contributed by atoms with Crippen LogP contribution in [0.5, 0.6) is 0 Å². The van der Waals surface area contributed by atoms with Crippen molar-refractivity contribution in [2.75, 3.05) is 0 Å². The predicted molar refractivity (Wildman–Crippen MR) is 89.2 cm³/mol. The molecule has 0 aliphatic heterocycles. The van der Waals surface area contributed by atoms with Crippen LogP contribution in [0.15, 0.2) is 63.3 Å². The van der Waals surface area contributed by atoms with Gasteiger partial charge in [0.25, 0.3) is 0 Å². The molecule has 114 valence electrons. The van der Waals surface area contributed by atoms with Crippen LogP contribution in [-0.2, 0) is 9.84 Å². The number of thiophene rings is 1. The first kappa shape index (κ1) is 15.7. The highest BCUT2D eigenvalue weighted by atomic mass is 35.5. The van der Waals surface area contributed by atoms with Gasteiger partial charge < -0.3 is 0 Å². The molecule has 0 bridgehead atoms. The molecule has 0 saturated heterocycles. The van der Waals surface area contributed by atoms with E-state index in [0.717, 1.165) is 11.3 Å². The lowest BCUT2D eigenvalue weighted by molar-refractivity contribution is 0.594. The van der Waals surface area contributed by atoms with Crippen molar-refractivity contribution in [2.45, 2.75) is 9.24 Å². The van der Waals surface area contributed by atoms with Crippen molar-refractivity contribution in [3.8, 4) is 17.2 Å². The summed E-state index contributed by atoms with van der Waals surface area (Å²) in [5, 5.41) is 11.6. The van der Waals surface area contributed by atoms with Gasteiger partial charge in [0.1, 0.15) is 10.3 Å². The summed E-state index contributed by atoms with van der Waals surface area (Å²) < 4.78 is 25.4. The van der Waals surface area contributed by atoms with Gasteiger partial charge in [-0.1, -0.05) is 29.8 Å². The second-order valence-electron chi connectivity index (χ2n) is 4.61. The number of rotatable bonds is 3. The largest absolute Gasteiger partial charge is 0.244 e. The van der Waals surface area contributed by atoms with Crippen LogP contribution in [0, 0.1) is 11.3 Å². The molecule has 0 aliphatic carbocycles. The summed E-state index contributed by atoms with van der Waals surface area (Å²) in [6.07, 6.45) is 1.41. The van der Waals surface area contributed by atoms with Crippen molar-refractivity contribution in [2.24, 2.45) is 0 Å². The Balaban J connectivity index is 2.19. The van der Waals surface area contributed by atoms with Gasteiger partial charge in [0.2, 0.25) is 9.84 Å². The van der Waals surface area contributed by atoms with Crippen LogP contribution in [0.4, 0.5) is 0 Å². The highest BCUT2D eigenvalue weighted by Crippen LogP contribution is 2.37. The van der Waals surface area contributed by atoms with Crippen LogP contribution < -0.4 is 0 Å². The summed E-state index contributed by atoms with van der Waals surface area (Å²) in [4.78, 5) is 3.89. The predicted octanol–water partition coefficient (Wildman–Crippen LogP) is 4.17. The Morgan fingerprint density at radius 1 is 1.17 bits per heavy atom. The Labute approximate surface area is 142 Å². The molecule has 2 heterocycles. The van der Waals surface area contributed by atoms with Gasteiger partial charge >= 0.3 is 0 Å². The van der Waals surface area contributed by atoms with Crippen LogP contribution in [0.1, 0.15) is 5.56 Å². The lowest BCUT2D eigenvalue weighted by atomic mass is 10.1. The topological polar surface area (TPSA) is 70.8 Å². The summed E-state index contributed by atoms with van der Waals surface area (Å²) >= 11 is 6.98. The minimum Gasteiger partial charge on any atom is -0.244 e. The molecule has 0 fully saturated rings. The Morgan fingerprint density at radius 2 is 2.00 bits per heavy atom. The van der Waals surface area contributed by atoms with E-state index >= 15 is 0 Å². The molecule has 0 aliphatic rings. The number of nitriles is 1. The maximum atomic E-state index is 12.7. The Hall–Kier alpha value is -2.20. The zero-order chi connectivity index (χ0) is 16.4. The second-order valence-corrected chi connectivity index (χ2v) is 8.01. The third-order valence-electron chi connectivity index (χ3n) is 3.16. The summed E-state index contributed by atoms with van der Waals surface area (Å²) in [6, 6.07) is 13.6. The number of hydrogen-bond donors (Lipinski definition) is 0. The SMILES string of the molecule is N#Cc1c(-c2cccc(Cl)c2)csc1S(=O)(=O)c1ccccn1. The van der Waals surface area contributed by atoms with E-state index in [2.05, 4.69) is 4.98 Å². The van der Waals surface area contributed by atoms with E-state index in [-0.39, 0.29) is 14.8 Å². The Morgan fingerprint density at radius 3 is 2.65 bits per heavy atom. The van der Waals surface area contributed by atoms with Crippen molar-refractivity contribution in [3.05, 3.63) is 64.6 Å². The van der Waals surface area contributed by atoms with Crippen molar-refractivity contribution in [1.29, 1.82) is 5.26 Å². The number of sulfone groups is 1. The van der Waals surface area contributed by atoms with Crippen LogP contribution in [0.25, 0.3) is 11.1 Å². The standard InChI is InChI=1S/C16H9ClN2O2S2/c17-12-5-3-4-11(8-12)14-10-22-16(13(14)9-18)23(20,21)15-6-1-2-7-19-15/h1-8,10H. The fourth-order valence-electron chi connectivity index (χ4n) is 2.11. The van der Waals surface area contributed by atoms with Gasteiger partial charge in [0.05, 0.1) is 5.56 Å². The van der Waals surface area contributed by atoms with Gasteiger partial charge in [0, 0.05) is 22.2 Å². The van der Waals surface area contributed by atoms with Gasteiger partial charge in [-0.25, -0.2) is 13.4 Å². The normalized spacial score (nSPS) is 11.1. The maximum absolute atomic E-state index is 12.7. The Kier molecular flexibility index (Phi) is 4.18. The van der Waals surface area contributed by atoms with Crippen LogP contribution in [0.3, 0.4) is 0 Å². The first-order valence-corrected chi connectivity index (χ1v) is 9.22. The molecule has 3 rings (SSSR count). The smallest absolute Gasteiger partial charge is 0.234 e. The summed E-state index contributed by atoms with van der Waals surface area (Å²) in [5.74, 6) is 0. The number of nitrogens with zero attached hydrogens (tertiary/aromatic N) is 2. The fourth-order valence-corrected chi connectivity index (χ4v) is 5.03. The third kappa shape index (κ3) is 2.86. The zero-order valence-corrected chi connectivity index (χ0v) is 14.0. The van der Waals surface area contributed by atoms with Crippen molar-refractivity contribution >= 4 is 32.8 Å². The van der Waals surface area contributed by atoms with Crippen LogP contribution >= 0.6 is 22.9 Å². The van der Waals surface area contributed by atoms with E-state index in [4.69, 9.17) is 11.6 Å². The number of pyridine rings is 1. The molecule has 2 aromatic heterocycles. The molecule has 7 heteroatoms. The van der Waals surface area contributed by atoms with Crippen molar-refractivity contribution < 1.29 is 8.42 Å². The molecule has 0 unspecified atom stereocenters. The summed E-state index contributed by atoms with van der Waals surface area (Å²) in [5.41, 5.74) is 1.37. The molecule has 23 heavy (non-hydrogen) atoms. The van der Waals surface area contributed by atoms with E-state index in [1.54, 1.807) is 41.8 Å². The molecule has 0 N–H and O–H groups in total. The first-order chi connectivity index (χ1) is 11.0. The average Bonchev–Trinajstić information content (AvgIpc) is 3.00. The lowest BCUT2D eigenvalue weighted by Gasteiger charge is -2.03. The monoisotopic (exact) mass is 360 g/mol. The van der Waals surface area contributed by atoms with E-state index < -0.39 is 9.84 Å². The van der Waals surface area contributed by atoms with E-state index in [1.807, 2.05) is 6.07 Å². The summed E-state index contributed by atoms with van der Waals surface area (Å²) in [6.45, 7) is 0. The maximum Gasteiger partial charge on any atom is 0.234 e. The molecule has 0 atom stereocenters. The average molecular weight is 361 g/mol. The van der Waals surface area contributed by atoms with Gasteiger partial charge in [-0.2, -0.15) is 5.26 Å². The minimum atomic E-state index is -3.83. The lowest BCUT2D eigenvalue weighted by Crippen LogP contribution is -2.03. The molecule has 1 aromatic carbocycles. The molecule has 3 aromatic rings. The van der Waals surface area contributed by atoms with Gasteiger partial charge in [-0.15, -0.1) is 11.3 Å². The van der Waals surface area contributed by atoms with Crippen molar-refractivity contribution in [1.82, 2.24) is 4.98 Å². The van der Waals surface area contributed by atoms with E-state index in [1.165, 1.54) is 12.3 Å². The Bertz CT molecular complexity index is 1010. The zero-order valence-electron chi connectivity index (χ0n) is 11.6. The second kappa shape index (κ2) is 6.13. The molecule has 0 radical (unpaired) electrons. The number of hydrogen-bond acceptors (Lipinski definition) is 5. The molecule has 0 spiro atoms. The highest BCUT2D eigenvalue weighted by molar-refractivity contribution is 7.93. The van der Waals surface area contributed by atoms with E-state index in [9.17, 15) is 13.7 Å². The molecular formula is C16H9ClN2O2S2. The number of halogens is 1. The molecular weight excluding hydrogens is 352 g/mol. The summed E-state index contributed by atoms with van der Waals surface area (Å²) in [7, 11) is -3.83. The fraction of sp³-hybridized carbons (Fsp3) is 0. The first-order valence-electron chi connectivity index (χ1n) is 6.47. The number of aromatic nitrogens is 1. The van der Waals surface area contributed by atoms with Gasteiger partial charge in [0.15, 0.2) is 5.03 Å². The molecule has 4 nitrogen and oxygen atoms in total.